The van der Waals surface area contributed by atoms with Gasteiger partial charge in [0, 0.05) is 30.8 Å². The Morgan fingerprint density at radius 1 is 1.17 bits per heavy atom. The highest BCUT2D eigenvalue weighted by Gasteiger charge is 2.14. The lowest BCUT2D eigenvalue weighted by atomic mass is 10.2. The molecule has 0 spiro atoms. The van der Waals surface area contributed by atoms with Crippen LogP contribution in [0.2, 0.25) is 0 Å². The van der Waals surface area contributed by atoms with Crippen LogP contribution < -0.4 is 10.6 Å². The fraction of sp³-hybridized carbons (Fsp3) is 0.333. The van der Waals surface area contributed by atoms with E-state index in [1.54, 1.807) is 30.3 Å². The summed E-state index contributed by atoms with van der Waals surface area (Å²) in [4.78, 5) is 24.0. The number of furan rings is 1. The molecule has 2 aromatic rings. The van der Waals surface area contributed by atoms with Gasteiger partial charge in [-0.1, -0.05) is 6.92 Å². The SMILES string of the molecule is CCc1oc(C(=O)Nc2ccc(C(=O)NCCCO)cc2)cc1C. The quantitative estimate of drug-likeness (QED) is 0.680. The largest absolute Gasteiger partial charge is 0.456 e. The van der Waals surface area contributed by atoms with E-state index in [2.05, 4.69) is 10.6 Å². The monoisotopic (exact) mass is 330 g/mol. The van der Waals surface area contributed by atoms with E-state index in [1.165, 1.54) is 0 Å². The zero-order valence-corrected chi connectivity index (χ0v) is 13.9. The lowest BCUT2D eigenvalue weighted by Gasteiger charge is -2.06. The van der Waals surface area contributed by atoms with E-state index in [4.69, 9.17) is 9.52 Å². The Balaban J connectivity index is 1.97. The summed E-state index contributed by atoms with van der Waals surface area (Å²) in [6, 6.07) is 8.31. The molecule has 0 radical (unpaired) electrons. The van der Waals surface area contributed by atoms with E-state index in [0.717, 1.165) is 17.7 Å². The zero-order valence-electron chi connectivity index (χ0n) is 13.9. The average molecular weight is 330 g/mol. The third-order valence-corrected chi connectivity index (χ3v) is 3.59. The standard InChI is InChI=1S/C18H22N2O4/c1-3-15-12(2)11-16(24-15)18(23)20-14-7-5-13(6-8-14)17(22)19-9-4-10-21/h5-8,11,21H,3-4,9-10H2,1-2H3,(H,19,22)(H,20,23). The van der Waals surface area contributed by atoms with Crippen molar-refractivity contribution in [1.29, 1.82) is 0 Å². The first-order valence-electron chi connectivity index (χ1n) is 7.95. The average Bonchev–Trinajstić information content (AvgIpc) is 2.96. The van der Waals surface area contributed by atoms with E-state index in [9.17, 15) is 9.59 Å². The molecular weight excluding hydrogens is 308 g/mol. The molecule has 0 aliphatic rings. The molecule has 0 saturated heterocycles. The van der Waals surface area contributed by atoms with Gasteiger partial charge >= 0.3 is 0 Å². The van der Waals surface area contributed by atoms with Crippen molar-refractivity contribution in [3.63, 3.8) is 0 Å². The highest BCUT2D eigenvalue weighted by Crippen LogP contribution is 2.17. The van der Waals surface area contributed by atoms with E-state index in [0.29, 0.717) is 24.2 Å². The maximum atomic E-state index is 12.2. The number of hydrogen-bond acceptors (Lipinski definition) is 4. The van der Waals surface area contributed by atoms with Gasteiger partial charge in [0.15, 0.2) is 5.76 Å². The molecule has 0 fully saturated rings. The van der Waals surface area contributed by atoms with Crippen LogP contribution in [0.1, 0.15) is 45.6 Å². The molecule has 1 aromatic carbocycles. The number of rotatable bonds is 7. The summed E-state index contributed by atoms with van der Waals surface area (Å²) in [7, 11) is 0. The van der Waals surface area contributed by atoms with Crippen molar-refractivity contribution in [2.45, 2.75) is 26.7 Å². The Hall–Kier alpha value is -2.60. The van der Waals surface area contributed by atoms with Crippen LogP contribution in [0.4, 0.5) is 5.69 Å². The zero-order chi connectivity index (χ0) is 17.5. The molecule has 128 valence electrons. The molecular formula is C18H22N2O4. The number of aryl methyl sites for hydroxylation is 2. The molecule has 0 atom stereocenters. The van der Waals surface area contributed by atoms with Crippen LogP contribution >= 0.6 is 0 Å². The molecule has 2 rings (SSSR count). The van der Waals surface area contributed by atoms with Crippen LogP contribution in [0.3, 0.4) is 0 Å². The van der Waals surface area contributed by atoms with Crippen LogP contribution in [0.15, 0.2) is 34.7 Å². The maximum absolute atomic E-state index is 12.2. The molecule has 3 N–H and O–H groups in total. The molecule has 0 aliphatic carbocycles. The van der Waals surface area contributed by atoms with Crippen LogP contribution in [-0.2, 0) is 6.42 Å². The van der Waals surface area contributed by atoms with E-state index in [-0.39, 0.29) is 24.2 Å². The van der Waals surface area contributed by atoms with Crippen LogP contribution in [0.25, 0.3) is 0 Å². The molecule has 2 amide bonds. The second kappa shape index (κ2) is 8.31. The molecule has 0 bridgehead atoms. The summed E-state index contributed by atoms with van der Waals surface area (Å²) < 4.78 is 5.52. The van der Waals surface area contributed by atoms with Gasteiger partial charge in [-0.2, -0.15) is 0 Å². The fourth-order valence-corrected chi connectivity index (χ4v) is 2.26. The molecule has 6 nitrogen and oxygen atoms in total. The number of carbonyl (C=O) groups is 2. The Kier molecular flexibility index (Phi) is 6.14. The van der Waals surface area contributed by atoms with E-state index in [1.807, 2.05) is 13.8 Å². The first-order chi connectivity index (χ1) is 11.5. The van der Waals surface area contributed by atoms with E-state index < -0.39 is 0 Å². The Morgan fingerprint density at radius 3 is 2.46 bits per heavy atom. The number of aliphatic hydroxyl groups is 1. The number of aliphatic hydroxyl groups excluding tert-OH is 1. The summed E-state index contributed by atoms with van der Waals surface area (Å²) in [5, 5.41) is 14.1. The first-order valence-corrected chi connectivity index (χ1v) is 7.95. The summed E-state index contributed by atoms with van der Waals surface area (Å²) in [5.41, 5.74) is 2.03. The van der Waals surface area contributed by atoms with Gasteiger partial charge in [-0.25, -0.2) is 0 Å². The third-order valence-electron chi connectivity index (χ3n) is 3.59. The second-order valence-corrected chi connectivity index (χ2v) is 5.43. The van der Waals surface area contributed by atoms with E-state index >= 15 is 0 Å². The number of hydrogen-bond donors (Lipinski definition) is 3. The van der Waals surface area contributed by atoms with Gasteiger partial charge in [0.25, 0.3) is 11.8 Å². The first kappa shape index (κ1) is 17.7. The van der Waals surface area contributed by atoms with Crippen molar-refractivity contribution in [3.05, 3.63) is 53.0 Å². The summed E-state index contributed by atoms with van der Waals surface area (Å²) in [5.74, 6) is 0.541. The topological polar surface area (TPSA) is 91.6 Å². The molecule has 24 heavy (non-hydrogen) atoms. The predicted octanol–water partition coefficient (Wildman–Crippen LogP) is 2.51. The van der Waals surface area contributed by atoms with Gasteiger partial charge in [0.1, 0.15) is 5.76 Å². The van der Waals surface area contributed by atoms with Crippen LogP contribution in [0.5, 0.6) is 0 Å². The minimum Gasteiger partial charge on any atom is -0.456 e. The Labute approximate surface area is 140 Å². The van der Waals surface area contributed by atoms with Gasteiger partial charge in [-0.3, -0.25) is 9.59 Å². The van der Waals surface area contributed by atoms with Crippen LogP contribution in [-0.4, -0.2) is 30.1 Å². The number of anilines is 1. The summed E-state index contributed by atoms with van der Waals surface area (Å²) in [6.07, 6.45) is 1.25. The fourth-order valence-electron chi connectivity index (χ4n) is 2.26. The summed E-state index contributed by atoms with van der Waals surface area (Å²) in [6.45, 7) is 4.34. The van der Waals surface area contributed by atoms with Crippen molar-refractivity contribution in [1.82, 2.24) is 5.32 Å². The van der Waals surface area contributed by atoms with Crippen LogP contribution in [0, 0.1) is 6.92 Å². The van der Waals surface area contributed by atoms with Gasteiger partial charge < -0.3 is 20.2 Å². The lowest BCUT2D eigenvalue weighted by Crippen LogP contribution is -2.24. The van der Waals surface area contributed by atoms with Gasteiger partial charge in [0.05, 0.1) is 0 Å². The highest BCUT2D eigenvalue weighted by atomic mass is 16.4. The maximum Gasteiger partial charge on any atom is 0.291 e. The minimum atomic E-state index is -0.321. The molecule has 0 saturated carbocycles. The van der Waals surface area contributed by atoms with Crippen molar-refractivity contribution >= 4 is 17.5 Å². The van der Waals surface area contributed by atoms with Crippen molar-refractivity contribution in [2.24, 2.45) is 0 Å². The number of carbonyl (C=O) groups excluding carboxylic acids is 2. The molecule has 6 heteroatoms. The van der Waals surface area contributed by atoms with Gasteiger partial charge in [-0.15, -0.1) is 0 Å². The molecule has 0 aliphatic heterocycles. The highest BCUT2D eigenvalue weighted by molar-refractivity contribution is 6.02. The second-order valence-electron chi connectivity index (χ2n) is 5.43. The number of amides is 2. The number of benzene rings is 1. The molecule has 1 heterocycles. The smallest absolute Gasteiger partial charge is 0.291 e. The Bertz CT molecular complexity index is 704. The Morgan fingerprint density at radius 2 is 1.88 bits per heavy atom. The predicted molar refractivity (Wildman–Crippen MR) is 91.3 cm³/mol. The molecule has 1 aromatic heterocycles. The van der Waals surface area contributed by atoms with Crippen molar-refractivity contribution < 1.29 is 19.1 Å². The lowest BCUT2D eigenvalue weighted by molar-refractivity contribution is 0.0950. The van der Waals surface area contributed by atoms with Crippen molar-refractivity contribution in [3.8, 4) is 0 Å². The normalized spacial score (nSPS) is 10.5. The minimum absolute atomic E-state index is 0.0389. The molecule has 0 unspecified atom stereocenters. The summed E-state index contributed by atoms with van der Waals surface area (Å²) >= 11 is 0. The third kappa shape index (κ3) is 4.45. The van der Waals surface area contributed by atoms with Gasteiger partial charge in [-0.05, 0) is 49.2 Å². The van der Waals surface area contributed by atoms with Crippen molar-refractivity contribution in [2.75, 3.05) is 18.5 Å². The van der Waals surface area contributed by atoms with Gasteiger partial charge in [0.2, 0.25) is 0 Å². The number of nitrogens with one attached hydrogen (secondary N) is 2.